The first kappa shape index (κ1) is 15.1. The quantitative estimate of drug-likeness (QED) is 0.851. The van der Waals surface area contributed by atoms with Crippen molar-refractivity contribution in [1.29, 1.82) is 0 Å². The number of hydrogen-bond donors (Lipinski definition) is 2. The van der Waals surface area contributed by atoms with Gasteiger partial charge in [0.1, 0.15) is 5.01 Å². The lowest BCUT2D eigenvalue weighted by atomic mass is 10.2. The molecule has 2 aromatic rings. The molecule has 0 aliphatic rings. The van der Waals surface area contributed by atoms with Crippen LogP contribution in [0.5, 0.6) is 0 Å². The molecule has 0 aliphatic heterocycles. The summed E-state index contributed by atoms with van der Waals surface area (Å²) in [6.07, 6.45) is 0. The van der Waals surface area contributed by atoms with Gasteiger partial charge in [-0.25, -0.2) is 18.1 Å². The molecule has 7 heteroatoms. The Labute approximate surface area is 123 Å². The zero-order valence-electron chi connectivity index (χ0n) is 11.4. The monoisotopic (exact) mass is 311 g/mol. The van der Waals surface area contributed by atoms with Crippen LogP contribution in [0.1, 0.15) is 16.3 Å². The highest BCUT2D eigenvalue weighted by atomic mass is 32.2. The first-order valence-corrected chi connectivity index (χ1v) is 8.52. The minimum absolute atomic E-state index is 0.221. The van der Waals surface area contributed by atoms with Crippen molar-refractivity contribution >= 4 is 21.4 Å². The van der Waals surface area contributed by atoms with Crippen molar-refractivity contribution in [2.45, 2.75) is 24.9 Å². The van der Waals surface area contributed by atoms with Crippen molar-refractivity contribution in [2.24, 2.45) is 0 Å². The normalized spacial score (nSPS) is 11.7. The summed E-state index contributed by atoms with van der Waals surface area (Å²) < 4.78 is 26.8. The van der Waals surface area contributed by atoms with E-state index in [1.165, 1.54) is 11.3 Å². The Morgan fingerprint density at radius 2 is 1.90 bits per heavy atom. The molecule has 0 saturated carbocycles. The lowest BCUT2D eigenvalue weighted by Crippen LogP contribution is -2.23. The SMILES string of the molecule is CNCc1ccc(S(=O)(=O)NCc2nc(C)cs2)cc1. The minimum atomic E-state index is -3.48. The van der Waals surface area contributed by atoms with E-state index < -0.39 is 10.0 Å². The smallest absolute Gasteiger partial charge is 0.240 e. The number of aryl methyl sites for hydroxylation is 1. The molecular formula is C13H17N3O2S2. The van der Waals surface area contributed by atoms with Gasteiger partial charge in [-0.2, -0.15) is 0 Å². The van der Waals surface area contributed by atoms with Gasteiger partial charge in [-0.05, 0) is 31.7 Å². The molecule has 0 radical (unpaired) electrons. The molecule has 0 atom stereocenters. The van der Waals surface area contributed by atoms with Crippen molar-refractivity contribution < 1.29 is 8.42 Å². The van der Waals surface area contributed by atoms with E-state index in [0.717, 1.165) is 16.3 Å². The predicted octanol–water partition coefficient (Wildman–Crippen LogP) is 1.65. The van der Waals surface area contributed by atoms with Crippen molar-refractivity contribution in [1.82, 2.24) is 15.0 Å². The predicted molar refractivity (Wildman–Crippen MR) is 80.1 cm³/mol. The van der Waals surface area contributed by atoms with Gasteiger partial charge in [0.2, 0.25) is 10.0 Å². The van der Waals surface area contributed by atoms with E-state index in [4.69, 9.17) is 0 Å². The first-order chi connectivity index (χ1) is 9.51. The van der Waals surface area contributed by atoms with Crippen LogP contribution in [-0.2, 0) is 23.1 Å². The summed E-state index contributed by atoms with van der Waals surface area (Å²) in [6.45, 7) is 2.82. The van der Waals surface area contributed by atoms with Crippen molar-refractivity contribution in [3.63, 3.8) is 0 Å². The minimum Gasteiger partial charge on any atom is -0.316 e. The number of nitrogens with zero attached hydrogens (tertiary/aromatic N) is 1. The third kappa shape index (κ3) is 3.86. The van der Waals surface area contributed by atoms with Gasteiger partial charge in [0.25, 0.3) is 0 Å². The molecular weight excluding hydrogens is 294 g/mol. The van der Waals surface area contributed by atoms with E-state index >= 15 is 0 Å². The van der Waals surface area contributed by atoms with Crippen LogP contribution in [0, 0.1) is 6.92 Å². The van der Waals surface area contributed by atoms with Crippen LogP contribution in [0.25, 0.3) is 0 Å². The summed E-state index contributed by atoms with van der Waals surface area (Å²) in [5.41, 5.74) is 1.95. The van der Waals surface area contributed by atoms with E-state index in [1.807, 2.05) is 19.4 Å². The van der Waals surface area contributed by atoms with Gasteiger partial charge in [0, 0.05) is 17.6 Å². The molecule has 0 aliphatic carbocycles. The van der Waals surface area contributed by atoms with Crippen molar-refractivity contribution in [3.8, 4) is 0 Å². The number of thiazole rings is 1. The second-order valence-electron chi connectivity index (χ2n) is 4.38. The molecule has 0 saturated heterocycles. The van der Waals surface area contributed by atoms with Gasteiger partial charge in [-0.3, -0.25) is 0 Å². The maximum Gasteiger partial charge on any atom is 0.240 e. The molecule has 5 nitrogen and oxygen atoms in total. The first-order valence-electron chi connectivity index (χ1n) is 6.15. The topological polar surface area (TPSA) is 71.1 Å². The van der Waals surface area contributed by atoms with Crippen molar-refractivity contribution in [3.05, 3.63) is 45.9 Å². The highest BCUT2D eigenvalue weighted by molar-refractivity contribution is 7.89. The summed E-state index contributed by atoms with van der Waals surface area (Å²) in [7, 11) is -1.64. The van der Waals surface area contributed by atoms with Crippen LogP contribution in [0.4, 0.5) is 0 Å². The lowest BCUT2D eigenvalue weighted by molar-refractivity contribution is 0.581. The summed E-state index contributed by atoms with van der Waals surface area (Å²) in [6, 6.07) is 6.83. The highest BCUT2D eigenvalue weighted by Crippen LogP contribution is 2.13. The largest absolute Gasteiger partial charge is 0.316 e. The van der Waals surface area contributed by atoms with Crippen LogP contribution in [-0.4, -0.2) is 20.4 Å². The maximum atomic E-state index is 12.1. The van der Waals surface area contributed by atoms with E-state index in [2.05, 4.69) is 15.0 Å². The van der Waals surface area contributed by atoms with E-state index in [0.29, 0.717) is 6.54 Å². The maximum absolute atomic E-state index is 12.1. The highest BCUT2D eigenvalue weighted by Gasteiger charge is 2.14. The Morgan fingerprint density at radius 3 is 2.45 bits per heavy atom. The van der Waals surface area contributed by atoms with Crippen LogP contribution >= 0.6 is 11.3 Å². The zero-order chi connectivity index (χ0) is 14.6. The summed E-state index contributed by atoms with van der Waals surface area (Å²) >= 11 is 1.45. The van der Waals surface area contributed by atoms with Gasteiger partial charge >= 0.3 is 0 Å². The molecule has 0 amide bonds. The number of nitrogens with one attached hydrogen (secondary N) is 2. The number of aromatic nitrogens is 1. The summed E-state index contributed by atoms with van der Waals surface area (Å²) in [5.74, 6) is 0. The molecule has 0 spiro atoms. The third-order valence-corrected chi connectivity index (χ3v) is 5.08. The van der Waals surface area contributed by atoms with Gasteiger partial charge < -0.3 is 5.32 Å². The Hall–Kier alpha value is -1.28. The number of sulfonamides is 1. The van der Waals surface area contributed by atoms with Gasteiger partial charge in [-0.15, -0.1) is 11.3 Å². The molecule has 108 valence electrons. The fourth-order valence-corrected chi connectivity index (χ4v) is 3.51. The van der Waals surface area contributed by atoms with Gasteiger partial charge in [-0.1, -0.05) is 12.1 Å². The van der Waals surface area contributed by atoms with Crippen LogP contribution in [0.3, 0.4) is 0 Å². The average Bonchev–Trinajstić information content (AvgIpc) is 2.84. The molecule has 1 aromatic carbocycles. The molecule has 0 unspecified atom stereocenters. The number of benzene rings is 1. The fourth-order valence-electron chi connectivity index (χ4n) is 1.71. The zero-order valence-corrected chi connectivity index (χ0v) is 13.0. The molecule has 1 aromatic heterocycles. The van der Waals surface area contributed by atoms with E-state index in [1.54, 1.807) is 24.3 Å². The van der Waals surface area contributed by atoms with E-state index in [9.17, 15) is 8.42 Å². The fraction of sp³-hybridized carbons (Fsp3) is 0.308. The molecule has 1 heterocycles. The third-order valence-electron chi connectivity index (χ3n) is 2.69. The summed E-state index contributed by atoms with van der Waals surface area (Å²) in [4.78, 5) is 4.50. The second kappa shape index (κ2) is 6.45. The average molecular weight is 311 g/mol. The lowest BCUT2D eigenvalue weighted by Gasteiger charge is -2.06. The van der Waals surface area contributed by atoms with Gasteiger partial charge in [0.15, 0.2) is 0 Å². The molecule has 2 rings (SSSR count). The summed E-state index contributed by atoms with van der Waals surface area (Å²) in [5, 5.41) is 5.68. The van der Waals surface area contributed by atoms with E-state index in [-0.39, 0.29) is 11.4 Å². The van der Waals surface area contributed by atoms with Gasteiger partial charge in [0.05, 0.1) is 11.4 Å². The Morgan fingerprint density at radius 1 is 1.20 bits per heavy atom. The number of hydrogen-bond acceptors (Lipinski definition) is 5. The molecule has 20 heavy (non-hydrogen) atoms. The Bertz CT molecular complexity index is 663. The Balaban J connectivity index is 2.05. The molecule has 2 N–H and O–H groups in total. The van der Waals surface area contributed by atoms with Crippen LogP contribution in [0.15, 0.2) is 34.5 Å². The Kier molecular flexibility index (Phi) is 4.87. The second-order valence-corrected chi connectivity index (χ2v) is 7.09. The molecule has 0 bridgehead atoms. The number of rotatable bonds is 6. The van der Waals surface area contributed by atoms with Crippen LogP contribution < -0.4 is 10.0 Å². The molecule has 0 fully saturated rings. The van der Waals surface area contributed by atoms with Crippen LogP contribution in [0.2, 0.25) is 0 Å². The van der Waals surface area contributed by atoms with Crippen molar-refractivity contribution in [2.75, 3.05) is 7.05 Å². The standard InChI is InChI=1S/C13H17N3O2S2/c1-10-9-19-13(16-10)8-15-20(17,18)12-5-3-11(4-6-12)7-14-2/h3-6,9,14-15H,7-8H2,1-2H3.